The number of anilines is 1. The fraction of sp³-hybridized carbons (Fsp3) is 0.462. The number of hydrogen-bond donors (Lipinski definition) is 1. The Morgan fingerprint density at radius 1 is 1.42 bits per heavy atom. The highest BCUT2D eigenvalue weighted by molar-refractivity contribution is 5.92. The van der Waals surface area contributed by atoms with Gasteiger partial charge in [-0.2, -0.15) is 0 Å². The molecule has 0 aliphatic carbocycles. The number of nitrogens with zero attached hydrogens (tertiary/aromatic N) is 2. The van der Waals surface area contributed by atoms with Crippen LogP contribution in [0.1, 0.15) is 12.8 Å². The van der Waals surface area contributed by atoms with E-state index in [4.69, 9.17) is 0 Å². The predicted octanol–water partition coefficient (Wildman–Crippen LogP) is 1.88. The predicted molar refractivity (Wildman–Crippen MR) is 71.9 cm³/mol. The highest BCUT2D eigenvalue weighted by Crippen LogP contribution is 2.21. The molecule has 1 saturated heterocycles. The fourth-order valence-electron chi connectivity index (χ4n) is 2.21. The molecule has 0 saturated carbocycles. The molecule has 1 amide bonds. The number of likely N-dealkylation sites (tertiary alicyclic amines) is 1. The molecule has 6 nitrogen and oxygen atoms in total. The van der Waals surface area contributed by atoms with Crippen molar-refractivity contribution < 1.29 is 9.72 Å². The second kappa shape index (κ2) is 5.79. The van der Waals surface area contributed by atoms with Gasteiger partial charge in [-0.3, -0.25) is 14.9 Å². The molecule has 1 aliphatic heterocycles. The number of non-ortho nitro benzene ring substituents is 1. The molecule has 0 atom stereocenters. The van der Waals surface area contributed by atoms with E-state index in [2.05, 4.69) is 10.2 Å². The highest BCUT2D eigenvalue weighted by atomic mass is 16.6. The summed E-state index contributed by atoms with van der Waals surface area (Å²) in [4.78, 5) is 24.4. The number of nitro benzene ring substituents is 1. The van der Waals surface area contributed by atoms with Crippen molar-refractivity contribution in [2.45, 2.75) is 12.8 Å². The van der Waals surface area contributed by atoms with Crippen LogP contribution >= 0.6 is 0 Å². The summed E-state index contributed by atoms with van der Waals surface area (Å²) >= 11 is 0. The van der Waals surface area contributed by atoms with E-state index >= 15 is 0 Å². The van der Waals surface area contributed by atoms with E-state index < -0.39 is 4.92 Å². The third kappa shape index (κ3) is 3.51. The minimum Gasteiger partial charge on any atom is -0.326 e. The topological polar surface area (TPSA) is 75.5 Å². The lowest BCUT2D eigenvalue weighted by atomic mass is 9.96. The first kappa shape index (κ1) is 13.5. The van der Waals surface area contributed by atoms with Gasteiger partial charge in [-0.25, -0.2) is 0 Å². The van der Waals surface area contributed by atoms with Crippen molar-refractivity contribution in [1.82, 2.24) is 4.90 Å². The monoisotopic (exact) mass is 263 g/mol. The average Bonchev–Trinajstić information content (AvgIpc) is 2.39. The molecular weight excluding hydrogens is 246 g/mol. The van der Waals surface area contributed by atoms with Gasteiger partial charge < -0.3 is 10.2 Å². The van der Waals surface area contributed by atoms with Crippen LogP contribution in [0.2, 0.25) is 0 Å². The van der Waals surface area contributed by atoms with Gasteiger partial charge in [0.15, 0.2) is 0 Å². The first-order valence-electron chi connectivity index (χ1n) is 6.30. The Kier molecular flexibility index (Phi) is 4.11. The number of piperidine rings is 1. The summed E-state index contributed by atoms with van der Waals surface area (Å²) < 4.78 is 0. The number of carbonyl (C=O) groups excluding carboxylic acids is 1. The summed E-state index contributed by atoms with van der Waals surface area (Å²) in [5.41, 5.74) is 0.472. The van der Waals surface area contributed by atoms with E-state index in [0.717, 1.165) is 25.9 Å². The van der Waals surface area contributed by atoms with Gasteiger partial charge in [-0.05, 0) is 39.0 Å². The summed E-state index contributed by atoms with van der Waals surface area (Å²) in [6.45, 7) is 1.82. The van der Waals surface area contributed by atoms with Crippen LogP contribution in [0.5, 0.6) is 0 Å². The van der Waals surface area contributed by atoms with E-state index in [0.29, 0.717) is 5.69 Å². The lowest BCUT2D eigenvalue weighted by Crippen LogP contribution is -2.35. The number of hydrogen-bond acceptors (Lipinski definition) is 4. The van der Waals surface area contributed by atoms with E-state index in [1.165, 1.54) is 12.1 Å². The molecule has 102 valence electrons. The van der Waals surface area contributed by atoms with Crippen molar-refractivity contribution in [3.63, 3.8) is 0 Å². The number of nitro groups is 1. The maximum atomic E-state index is 12.1. The molecular formula is C13H17N3O3. The van der Waals surface area contributed by atoms with Crippen molar-refractivity contribution in [1.29, 1.82) is 0 Å². The maximum Gasteiger partial charge on any atom is 0.271 e. The number of nitrogens with one attached hydrogen (secondary N) is 1. The fourth-order valence-corrected chi connectivity index (χ4v) is 2.21. The van der Waals surface area contributed by atoms with Crippen LogP contribution in [0.3, 0.4) is 0 Å². The largest absolute Gasteiger partial charge is 0.326 e. The Bertz CT molecular complexity index is 482. The van der Waals surface area contributed by atoms with Crippen LogP contribution < -0.4 is 5.32 Å². The first-order chi connectivity index (χ1) is 9.06. The second-order valence-electron chi connectivity index (χ2n) is 4.87. The molecule has 0 aromatic heterocycles. The van der Waals surface area contributed by atoms with Gasteiger partial charge >= 0.3 is 0 Å². The van der Waals surface area contributed by atoms with E-state index in [1.54, 1.807) is 12.1 Å². The summed E-state index contributed by atoms with van der Waals surface area (Å²) in [5, 5.41) is 13.4. The molecule has 1 heterocycles. The zero-order valence-corrected chi connectivity index (χ0v) is 10.8. The van der Waals surface area contributed by atoms with Gasteiger partial charge in [0, 0.05) is 23.7 Å². The van der Waals surface area contributed by atoms with E-state index in [9.17, 15) is 14.9 Å². The van der Waals surface area contributed by atoms with Gasteiger partial charge in [0.25, 0.3) is 5.69 Å². The smallest absolute Gasteiger partial charge is 0.271 e. The van der Waals surface area contributed by atoms with Gasteiger partial charge in [0.2, 0.25) is 5.91 Å². The first-order valence-corrected chi connectivity index (χ1v) is 6.30. The molecule has 0 bridgehead atoms. The maximum absolute atomic E-state index is 12.1. The molecule has 0 spiro atoms. The van der Waals surface area contributed by atoms with Crippen molar-refractivity contribution in [3.8, 4) is 0 Å². The van der Waals surface area contributed by atoms with Crippen LogP contribution in [0.4, 0.5) is 11.4 Å². The lowest BCUT2D eigenvalue weighted by molar-refractivity contribution is -0.384. The Labute approximate surface area is 111 Å². The normalized spacial score (nSPS) is 17.1. The summed E-state index contributed by atoms with van der Waals surface area (Å²) in [5.74, 6) is -0.0518. The summed E-state index contributed by atoms with van der Waals surface area (Å²) in [7, 11) is 2.04. The Balaban J connectivity index is 1.98. The Morgan fingerprint density at radius 2 is 2.11 bits per heavy atom. The van der Waals surface area contributed by atoms with Crippen LogP contribution in [0, 0.1) is 16.0 Å². The molecule has 19 heavy (non-hydrogen) atoms. The lowest BCUT2D eigenvalue weighted by Gasteiger charge is -2.28. The number of benzene rings is 1. The van der Waals surface area contributed by atoms with Crippen molar-refractivity contribution >= 4 is 17.3 Å². The minimum absolute atomic E-state index is 0.00420. The van der Waals surface area contributed by atoms with E-state index in [1.807, 2.05) is 7.05 Å². The van der Waals surface area contributed by atoms with Crippen molar-refractivity contribution in [2.24, 2.45) is 5.92 Å². The molecule has 2 rings (SSSR count). The third-order valence-electron chi connectivity index (χ3n) is 3.41. The number of carbonyl (C=O) groups is 1. The Hall–Kier alpha value is -1.95. The molecule has 1 fully saturated rings. The third-order valence-corrected chi connectivity index (χ3v) is 3.41. The van der Waals surface area contributed by atoms with Gasteiger partial charge in [-0.1, -0.05) is 6.07 Å². The number of amides is 1. The average molecular weight is 263 g/mol. The zero-order valence-electron chi connectivity index (χ0n) is 10.8. The molecule has 1 aromatic carbocycles. The highest BCUT2D eigenvalue weighted by Gasteiger charge is 2.23. The Morgan fingerprint density at radius 3 is 2.74 bits per heavy atom. The SMILES string of the molecule is CN1CCC(C(=O)Nc2cccc([N+](=O)[O-])c2)CC1. The molecule has 0 unspecified atom stereocenters. The molecule has 6 heteroatoms. The van der Waals surface area contributed by atoms with Crippen LogP contribution in [0.25, 0.3) is 0 Å². The molecule has 1 aromatic rings. The summed E-state index contributed by atoms with van der Waals surface area (Å²) in [6, 6.07) is 6.03. The zero-order chi connectivity index (χ0) is 13.8. The summed E-state index contributed by atoms with van der Waals surface area (Å²) in [6.07, 6.45) is 1.66. The van der Waals surface area contributed by atoms with Gasteiger partial charge in [-0.15, -0.1) is 0 Å². The second-order valence-corrected chi connectivity index (χ2v) is 4.87. The van der Waals surface area contributed by atoms with E-state index in [-0.39, 0.29) is 17.5 Å². The number of rotatable bonds is 3. The van der Waals surface area contributed by atoms with Crippen LogP contribution in [0.15, 0.2) is 24.3 Å². The molecule has 0 radical (unpaired) electrons. The van der Waals surface area contributed by atoms with Crippen molar-refractivity contribution in [2.75, 3.05) is 25.5 Å². The van der Waals surface area contributed by atoms with Crippen molar-refractivity contribution in [3.05, 3.63) is 34.4 Å². The van der Waals surface area contributed by atoms with Gasteiger partial charge in [0.1, 0.15) is 0 Å². The minimum atomic E-state index is -0.467. The van der Waals surface area contributed by atoms with Crippen LogP contribution in [-0.2, 0) is 4.79 Å². The quantitative estimate of drug-likeness (QED) is 0.667. The molecule has 1 N–H and O–H groups in total. The van der Waals surface area contributed by atoms with Crippen LogP contribution in [-0.4, -0.2) is 35.9 Å². The standard InChI is InChI=1S/C13H17N3O3/c1-15-7-5-10(6-8-15)13(17)14-11-3-2-4-12(9-11)16(18)19/h2-4,9-10H,5-8H2,1H3,(H,14,17). The molecule has 1 aliphatic rings. The van der Waals surface area contributed by atoms with Gasteiger partial charge in [0.05, 0.1) is 4.92 Å².